The van der Waals surface area contributed by atoms with Gasteiger partial charge in [-0.2, -0.15) is 0 Å². The number of carbonyl (C=O) groups excluding carboxylic acids is 2. The largest absolute Gasteiger partial charge is 0.490 e. The maximum Gasteiger partial charge on any atom is 0.332 e. The second-order valence-electron chi connectivity index (χ2n) is 14.1. The molecule has 0 amide bonds. The van der Waals surface area contributed by atoms with Crippen molar-refractivity contribution in [3.8, 4) is 5.75 Å². The SMILES string of the molecule is CCCCC(CC)Cn1c2ccc(/C(=N\OC(C)=O)c3ccccc3OCCOC)cc2c2cc(C(=O)c3c(C)cc(C)cc3C)c3ccccc3c21. The molecule has 0 fully saturated rings. The number of rotatable bonds is 15. The first-order valence-corrected chi connectivity index (χ1v) is 18.7. The highest BCUT2D eigenvalue weighted by Gasteiger charge is 2.24. The summed E-state index contributed by atoms with van der Waals surface area (Å²) in [6, 6.07) is 28.4. The molecule has 0 saturated carbocycles. The van der Waals surface area contributed by atoms with Crippen molar-refractivity contribution in [3.63, 3.8) is 0 Å². The number of oxime groups is 1. The lowest BCUT2D eigenvalue weighted by atomic mass is 9.89. The Hall–Kier alpha value is -5.27. The highest BCUT2D eigenvalue weighted by molar-refractivity contribution is 6.27. The van der Waals surface area contributed by atoms with Crippen molar-refractivity contribution >= 4 is 50.0 Å². The third-order valence-electron chi connectivity index (χ3n) is 10.2. The number of fused-ring (bicyclic) bond motifs is 5. The van der Waals surface area contributed by atoms with Crippen molar-refractivity contribution < 1.29 is 23.9 Å². The number of methoxy groups -OCH3 is 1. The molecule has 0 N–H and O–H groups in total. The van der Waals surface area contributed by atoms with Gasteiger partial charge in [0.05, 0.1) is 12.1 Å². The molecule has 1 heterocycles. The van der Waals surface area contributed by atoms with Gasteiger partial charge < -0.3 is 18.9 Å². The second kappa shape index (κ2) is 16.6. The number of benzene rings is 5. The molecule has 1 aromatic heterocycles. The van der Waals surface area contributed by atoms with Crippen LogP contribution in [-0.4, -0.2) is 42.4 Å². The highest BCUT2D eigenvalue weighted by atomic mass is 16.7. The van der Waals surface area contributed by atoms with Gasteiger partial charge in [-0.05, 0) is 80.0 Å². The number of ketones is 1. The van der Waals surface area contributed by atoms with Crippen molar-refractivity contribution in [1.82, 2.24) is 4.57 Å². The molecule has 5 aromatic carbocycles. The average Bonchev–Trinajstić information content (AvgIpc) is 3.45. The summed E-state index contributed by atoms with van der Waals surface area (Å²) in [6.45, 7) is 13.6. The number of hydrogen-bond acceptors (Lipinski definition) is 6. The van der Waals surface area contributed by atoms with Crippen LogP contribution >= 0.6 is 0 Å². The minimum absolute atomic E-state index is 0.0174. The molecule has 1 atom stereocenters. The third kappa shape index (κ3) is 7.77. The van der Waals surface area contributed by atoms with Crippen LogP contribution in [0.4, 0.5) is 0 Å². The predicted octanol–water partition coefficient (Wildman–Crippen LogP) is 10.7. The topological polar surface area (TPSA) is 79.1 Å². The van der Waals surface area contributed by atoms with Crippen molar-refractivity contribution in [1.29, 1.82) is 0 Å². The van der Waals surface area contributed by atoms with E-state index in [9.17, 15) is 9.59 Å². The quantitative estimate of drug-likeness (QED) is 0.0348. The van der Waals surface area contributed by atoms with E-state index < -0.39 is 5.97 Å². The van der Waals surface area contributed by atoms with E-state index in [1.165, 1.54) is 13.3 Å². The van der Waals surface area contributed by atoms with Crippen LogP contribution in [0.2, 0.25) is 0 Å². The van der Waals surface area contributed by atoms with E-state index in [-0.39, 0.29) is 5.78 Å². The molecule has 0 aliphatic carbocycles. The zero-order chi connectivity index (χ0) is 37.6. The molecular formula is C46H50N2O5. The van der Waals surface area contributed by atoms with Crippen LogP contribution in [-0.2, 0) is 20.9 Å². The molecule has 53 heavy (non-hydrogen) atoms. The number of unbranched alkanes of at least 4 members (excludes halogenated alkanes) is 1. The van der Waals surface area contributed by atoms with Crippen LogP contribution in [0.15, 0.2) is 90.1 Å². The molecule has 7 nitrogen and oxygen atoms in total. The summed E-state index contributed by atoms with van der Waals surface area (Å²) in [5, 5.41) is 8.37. The standard InChI is InChI=1S/C46H50N2O5/c1-8-10-15-33(9-2)28-48-41-21-20-34(44(47-53-32(6)49)37-18-13-14-19-42(37)52-23-22-51-7)26-38(41)39-27-40(35-16-11-12-17-36(35)45(39)48)46(50)43-30(4)24-29(3)25-31(43)5/h11-14,16-21,24-27,33H,8-10,15,22-23,28H2,1-7H3/b47-44+. The molecule has 6 aromatic rings. The fourth-order valence-corrected chi connectivity index (χ4v) is 7.73. The summed E-state index contributed by atoms with van der Waals surface area (Å²) in [7, 11) is 1.63. The van der Waals surface area contributed by atoms with Gasteiger partial charge in [0.15, 0.2) is 5.78 Å². The zero-order valence-corrected chi connectivity index (χ0v) is 32.0. The van der Waals surface area contributed by atoms with Gasteiger partial charge in [-0.3, -0.25) is 4.79 Å². The van der Waals surface area contributed by atoms with Gasteiger partial charge in [-0.25, -0.2) is 4.79 Å². The van der Waals surface area contributed by atoms with Crippen molar-refractivity contribution in [2.24, 2.45) is 11.1 Å². The smallest absolute Gasteiger partial charge is 0.332 e. The molecule has 0 radical (unpaired) electrons. The monoisotopic (exact) mass is 710 g/mol. The number of aromatic nitrogens is 1. The average molecular weight is 711 g/mol. The summed E-state index contributed by atoms with van der Waals surface area (Å²) in [6.07, 6.45) is 4.54. The van der Waals surface area contributed by atoms with E-state index in [2.05, 4.69) is 79.0 Å². The van der Waals surface area contributed by atoms with Gasteiger partial charge >= 0.3 is 5.97 Å². The Morgan fingerprint density at radius 3 is 2.21 bits per heavy atom. The summed E-state index contributed by atoms with van der Waals surface area (Å²) < 4.78 is 13.8. The van der Waals surface area contributed by atoms with Gasteiger partial charge in [0, 0.05) is 64.5 Å². The van der Waals surface area contributed by atoms with E-state index in [1.807, 2.05) is 50.2 Å². The molecular weight excluding hydrogens is 661 g/mol. The van der Waals surface area contributed by atoms with Crippen molar-refractivity contribution in [3.05, 3.63) is 124 Å². The van der Waals surface area contributed by atoms with Gasteiger partial charge in [0.1, 0.15) is 18.1 Å². The molecule has 0 spiro atoms. The van der Waals surface area contributed by atoms with E-state index in [0.29, 0.717) is 41.7 Å². The lowest BCUT2D eigenvalue weighted by Crippen LogP contribution is -2.12. The molecule has 1 unspecified atom stereocenters. The molecule has 0 saturated heterocycles. The van der Waals surface area contributed by atoms with Crippen LogP contribution in [0, 0.1) is 26.7 Å². The Labute approximate surface area is 312 Å². The maximum atomic E-state index is 14.7. The number of hydrogen-bond donors (Lipinski definition) is 0. The maximum absolute atomic E-state index is 14.7. The fraction of sp³-hybridized carbons (Fsp3) is 0.326. The van der Waals surface area contributed by atoms with Gasteiger partial charge in [-0.1, -0.05) is 98.4 Å². The summed E-state index contributed by atoms with van der Waals surface area (Å²) in [5.41, 5.74) is 8.60. The minimum Gasteiger partial charge on any atom is -0.490 e. The number of carbonyl (C=O) groups is 2. The number of aryl methyl sites for hydroxylation is 3. The van der Waals surface area contributed by atoms with Gasteiger partial charge in [0.25, 0.3) is 0 Å². The molecule has 7 heteroatoms. The van der Waals surface area contributed by atoms with E-state index in [4.69, 9.17) is 14.3 Å². The second-order valence-corrected chi connectivity index (χ2v) is 14.1. The first-order valence-electron chi connectivity index (χ1n) is 18.7. The summed E-state index contributed by atoms with van der Waals surface area (Å²) in [5.74, 6) is 0.585. The minimum atomic E-state index is -0.521. The lowest BCUT2D eigenvalue weighted by molar-refractivity contribution is -0.140. The van der Waals surface area contributed by atoms with Crippen molar-refractivity contribution in [2.45, 2.75) is 73.8 Å². The van der Waals surface area contributed by atoms with Crippen LogP contribution in [0.25, 0.3) is 32.6 Å². The number of ether oxygens (including phenoxy) is 2. The first-order chi connectivity index (χ1) is 25.7. The van der Waals surface area contributed by atoms with Gasteiger partial charge in [0.2, 0.25) is 0 Å². The van der Waals surface area contributed by atoms with E-state index >= 15 is 0 Å². The van der Waals surface area contributed by atoms with Crippen molar-refractivity contribution in [2.75, 3.05) is 20.3 Å². The zero-order valence-electron chi connectivity index (χ0n) is 32.0. The number of nitrogens with zero attached hydrogens (tertiary/aromatic N) is 2. The highest BCUT2D eigenvalue weighted by Crippen LogP contribution is 2.39. The molecule has 0 aliphatic heterocycles. The van der Waals surface area contributed by atoms with E-state index in [0.717, 1.165) is 86.2 Å². The molecule has 6 rings (SSSR count). The van der Waals surface area contributed by atoms with E-state index in [1.54, 1.807) is 7.11 Å². The Bertz CT molecular complexity index is 2310. The molecule has 274 valence electrons. The first kappa shape index (κ1) is 37.5. The van der Waals surface area contributed by atoms with Crippen LogP contribution in [0.3, 0.4) is 0 Å². The normalized spacial score (nSPS) is 12.5. The lowest BCUT2D eigenvalue weighted by Gasteiger charge is -2.19. The Morgan fingerprint density at radius 2 is 1.51 bits per heavy atom. The fourth-order valence-electron chi connectivity index (χ4n) is 7.73. The predicted molar refractivity (Wildman–Crippen MR) is 216 cm³/mol. The Balaban J connectivity index is 1.65. The Kier molecular flexibility index (Phi) is 11.7. The number of para-hydroxylation sites is 1. The third-order valence-corrected chi connectivity index (χ3v) is 10.2. The molecule has 0 aliphatic rings. The van der Waals surface area contributed by atoms with Crippen LogP contribution in [0.5, 0.6) is 5.75 Å². The molecule has 0 bridgehead atoms. The Morgan fingerprint density at radius 1 is 0.792 bits per heavy atom. The van der Waals surface area contributed by atoms with Crippen LogP contribution in [0.1, 0.15) is 90.2 Å². The summed E-state index contributed by atoms with van der Waals surface area (Å²) >= 11 is 0. The summed E-state index contributed by atoms with van der Waals surface area (Å²) in [4.78, 5) is 32.1. The van der Waals surface area contributed by atoms with Crippen LogP contribution < -0.4 is 4.74 Å². The van der Waals surface area contributed by atoms with Gasteiger partial charge in [-0.15, -0.1) is 0 Å².